The van der Waals surface area contributed by atoms with Gasteiger partial charge in [-0.25, -0.2) is 9.78 Å². The Morgan fingerprint density at radius 3 is 2.86 bits per heavy atom. The third-order valence-electron chi connectivity index (χ3n) is 2.66. The summed E-state index contributed by atoms with van der Waals surface area (Å²) in [5, 5.41) is 3.11. The predicted octanol–water partition coefficient (Wildman–Crippen LogP) is 2.15. The second kappa shape index (κ2) is 8.41. The number of hydrogen-bond acceptors (Lipinski definition) is 6. The summed E-state index contributed by atoms with van der Waals surface area (Å²) in [7, 11) is 1.32. The molecular formula is C16H17N3O3. The van der Waals surface area contributed by atoms with Crippen molar-refractivity contribution in [3.63, 3.8) is 0 Å². The van der Waals surface area contributed by atoms with E-state index in [-0.39, 0.29) is 0 Å². The molecule has 0 bridgehead atoms. The van der Waals surface area contributed by atoms with Crippen LogP contribution in [0.4, 0.5) is 5.82 Å². The molecule has 6 heteroatoms. The summed E-state index contributed by atoms with van der Waals surface area (Å²) < 4.78 is 10.1. The van der Waals surface area contributed by atoms with Crippen LogP contribution >= 0.6 is 0 Å². The number of hydrogen-bond donors (Lipinski definition) is 1. The number of para-hydroxylation sites is 1. The molecule has 0 aliphatic rings. The van der Waals surface area contributed by atoms with E-state index in [0.29, 0.717) is 24.7 Å². The minimum Gasteiger partial charge on any atom is -0.492 e. The number of ether oxygens (including phenoxy) is 2. The summed E-state index contributed by atoms with van der Waals surface area (Å²) >= 11 is 0. The van der Waals surface area contributed by atoms with Crippen molar-refractivity contribution in [3.05, 3.63) is 54.5 Å². The van der Waals surface area contributed by atoms with Crippen LogP contribution in [0.2, 0.25) is 0 Å². The third-order valence-corrected chi connectivity index (χ3v) is 2.66. The largest absolute Gasteiger partial charge is 0.492 e. The Kier molecular flexibility index (Phi) is 5.92. The van der Waals surface area contributed by atoms with Gasteiger partial charge in [0.25, 0.3) is 0 Å². The lowest BCUT2D eigenvalue weighted by Crippen LogP contribution is -2.12. The van der Waals surface area contributed by atoms with Gasteiger partial charge in [0.1, 0.15) is 18.2 Å². The Morgan fingerprint density at radius 1 is 1.27 bits per heavy atom. The maximum atomic E-state index is 11.0. The fourth-order valence-corrected chi connectivity index (χ4v) is 1.63. The van der Waals surface area contributed by atoms with Crippen LogP contribution in [0.25, 0.3) is 6.08 Å². The highest BCUT2D eigenvalue weighted by atomic mass is 16.5. The Labute approximate surface area is 128 Å². The van der Waals surface area contributed by atoms with Crippen molar-refractivity contribution in [1.29, 1.82) is 0 Å². The van der Waals surface area contributed by atoms with E-state index < -0.39 is 5.97 Å². The van der Waals surface area contributed by atoms with Gasteiger partial charge in [-0.05, 0) is 18.2 Å². The van der Waals surface area contributed by atoms with Crippen LogP contribution in [0.5, 0.6) is 5.75 Å². The fraction of sp³-hybridized carbons (Fsp3) is 0.188. The lowest BCUT2D eigenvalue weighted by Gasteiger charge is -2.08. The van der Waals surface area contributed by atoms with Crippen molar-refractivity contribution in [2.24, 2.45) is 0 Å². The lowest BCUT2D eigenvalue weighted by atomic mass is 10.3. The molecule has 1 aromatic carbocycles. The van der Waals surface area contributed by atoms with Gasteiger partial charge in [0.2, 0.25) is 0 Å². The maximum Gasteiger partial charge on any atom is 0.330 e. The molecule has 1 heterocycles. The normalized spacial score (nSPS) is 10.4. The van der Waals surface area contributed by atoms with E-state index in [1.807, 2.05) is 30.3 Å². The Balaban J connectivity index is 1.80. The molecule has 0 atom stereocenters. The number of carbonyl (C=O) groups is 1. The second-order valence-electron chi connectivity index (χ2n) is 4.27. The van der Waals surface area contributed by atoms with Crippen molar-refractivity contribution < 1.29 is 14.3 Å². The maximum absolute atomic E-state index is 11.0. The van der Waals surface area contributed by atoms with Crippen LogP contribution in [-0.4, -0.2) is 36.2 Å². The minimum atomic E-state index is -0.434. The summed E-state index contributed by atoms with van der Waals surface area (Å²) in [4.78, 5) is 19.4. The Hall–Kier alpha value is -2.89. The monoisotopic (exact) mass is 299 g/mol. The van der Waals surface area contributed by atoms with E-state index in [2.05, 4.69) is 20.0 Å². The van der Waals surface area contributed by atoms with Crippen molar-refractivity contribution in [2.75, 3.05) is 25.6 Å². The summed E-state index contributed by atoms with van der Waals surface area (Å²) in [5.41, 5.74) is 0.569. The van der Waals surface area contributed by atoms with Gasteiger partial charge in [-0.2, -0.15) is 0 Å². The van der Waals surface area contributed by atoms with E-state index in [9.17, 15) is 4.79 Å². The van der Waals surface area contributed by atoms with Crippen molar-refractivity contribution in [3.8, 4) is 5.75 Å². The van der Waals surface area contributed by atoms with Crippen LogP contribution in [0.3, 0.4) is 0 Å². The molecule has 0 aliphatic carbocycles. The predicted molar refractivity (Wildman–Crippen MR) is 83.5 cm³/mol. The highest BCUT2D eigenvalue weighted by Crippen LogP contribution is 2.08. The highest BCUT2D eigenvalue weighted by Gasteiger charge is 1.98. The highest BCUT2D eigenvalue weighted by molar-refractivity contribution is 5.86. The molecule has 114 valence electrons. The van der Waals surface area contributed by atoms with Gasteiger partial charge in [-0.15, -0.1) is 0 Å². The Bertz CT molecular complexity index is 630. The van der Waals surface area contributed by atoms with Crippen molar-refractivity contribution in [1.82, 2.24) is 9.97 Å². The van der Waals surface area contributed by atoms with E-state index >= 15 is 0 Å². The van der Waals surface area contributed by atoms with Crippen LogP contribution in [-0.2, 0) is 9.53 Å². The van der Waals surface area contributed by atoms with Crippen LogP contribution in [0.15, 0.2) is 48.8 Å². The van der Waals surface area contributed by atoms with E-state index in [0.717, 1.165) is 5.75 Å². The molecule has 0 aliphatic heterocycles. The van der Waals surface area contributed by atoms with Crippen LogP contribution in [0, 0.1) is 0 Å². The van der Waals surface area contributed by atoms with Gasteiger partial charge in [0, 0.05) is 6.08 Å². The smallest absolute Gasteiger partial charge is 0.330 e. The summed E-state index contributed by atoms with van der Waals surface area (Å²) in [5.74, 6) is 1.00. The van der Waals surface area contributed by atoms with Gasteiger partial charge in [-0.1, -0.05) is 18.2 Å². The summed E-state index contributed by atoms with van der Waals surface area (Å²) in [6.07, 6.45) is 6.01. The molecule has 1 aromatic heterocycles. The summed E-state index contributed by atoms with van der Waals surface area (Å²) in [6, 6.07) is 9.58. The van der Waals surface area contributed by atoms with Crippen molar-refractivity contribution in [2.45, 2.75) is 0 Å². The van der Waals surface area contributed by atoms with Gasteiger partial charge in [-0.3, -0.25) is 4.98 Å². The van der Waals surface area contributed by atoms with Gasteiger partial charge in [0.05, 0.1) is 31.7 Å². The second-order valence-corrected chi connectivity index (χ2v) is 4.27. The third kappa shape index (κ3) is 5.24. The number of nitrogens with one attached hydrogen (secondary N) is 1. The zero-order valence-electron chi connectivity index (χ0n) is 12.2. The molecular weight excluding hydrogens is 282 g/mol. The first-order chi connectivity index (χ1) is 10.8. The zero-order chi connectivity index (χ0) is 15.6. The van der Waals surface area contributed by atoms with E-state index in [4.69, 9.17) is 4.74 Å². The average molecular weight is 299 g/mol. The van der Waals surface area contributed by atoms with Crippen LogP contribution in [0.1, 0.15) is 5.69 Å². The fourth-order valence-electron chi connectivity index (χ4n) is 1.63. The number of aromatic nitrogens is 2. The number of carbonyl (C=O) groups excluding carboxylic acids is 1. The molecule has 0 amide bonds. The van der Waals surface area contributed by atoms with Crippen LogP contribution < -0.4 is 10.1 Å². The number of esters is 1. The molecule has 6 nitrogen and oxygen atoms in total. The molecule has 2 aromatic rings. The molecule has 0 saturated carbocycles. The van der Waals surface area contributed by atoms with E-state index in [1.165, 1.54) is 13.2 Å². The SMILES string of the molecule is COC(=O)/C=C/c1cncc(NCCOc2ccccc2)n1. The number of methoxy groups -OCH3 is 1. The van der Waals surface area contributed by atoms with Gasteiger partial charge in [0.15, 0.2) is 0 Å². The molecule has 22 heavy (non-hydrogen) atoms. The number of benzene rings is 1. The first-order valence-electron chi connectivity index (χ1n) is 6.78. The van der Waals surface area contributed by atoms with E-state index in [1.54, 1.807) is 18.5 Å². The quantitative estimate of drug-likeness (QED) is 0.480. The number of anilines is 1. The van der Waals surface area contributed by atoms with Crippen molar-refractivity contribution >= 4 is 17.9 Å². The topological polar surface area (TPSA) is 73.3 Å². The first kappa shape index (κ1) is 15.5. The molecule has 0 fully saturated rings. The first-order valence-corrected chi connectivity index (χ1v) is 6.78. The zero-order valence-corrected chi connectivity index (χ0v) is 12.2. The standard InChI is InChI=1S/C16H17N3O3/c1-21-16(20)8-7-13-11-17-12-15(19-13)18-9-10-22-14-5-3-2-4-6-14/h2-8,11-12H,9-10H2,1H3,(H,18,19)/b8-7+. The Morgan fingerprint density at radius 2 is 2.09 bits per heavy atom. The number of rotatable bonds is 7. The summed E-state index contributed by atoms with van der Waals surface area (Å²) in [6.45, 7) is 1.10. The molecule has 0 radical (unpaired) electrons. The molecule has 0 unspecified atom stereocenters. The minimum absolute atomic E-state index is 0.434. The van der Waals surface area contributed by atoms with Gasteiger partial charge < -0.3 is 14.8 Å². The molecule has 2 rings (SSSR count). The number of nitrogens with zero attached hydrogens (tertiary/aromatic N) is 2. The molecule has 0 saturated heterocycles. The molecule has 0 spiro atoms. The van der Waals surface area contributed by atoms with Gasteiger partial charge >= 0.3 is 5.97 Å². The average Bonchev–Trinajstić information content (AvgIpc) is 2.58. The lowest BCUT2D eigenvalue weighted by molar-refractivity contribution is -0.134. The molecule has 1 N–H and O–H groups in total.